The summed E-state index contributed by atoms with van der Waals surface area (Å²) in [7, 11) is 3.99. The molecule has 0 atom stereocenters. The van der Waals surface area contributed by atoms with Crippen molar-refractivity contribution in [2.75, 3.05) is 38.2 Å². The van der Waals surface area contributed by atoms with Crippen molar-refractivity contribution >= 4 is 33.6 Å². The molecule has 0 saturated heterocycles. The molecular formula is C27H25FN10. The van der Waals surface area contributed by atoms with Gasteiger partial charge in [-0.25, -0.2) is 19.3 Å². The molecule has 5 aromatic heterocycles. The van der Waals surface area contributed by atoms with E-state index in [1.807, 2.05) is 44.4 Å². The van der Waals surface area contributed by atoms with Gasteiger partial charge in [-0.2, -0.15) is 5.10 Å². The summed E-state index contributed by atoms with van der Waals surface area (Å²) in [6.07, 6.45) is 4.98. The Bertz CT molecular complexity index is 1770. The van der Waals surface area contributed by atoms with Crippen LogP contribution >= 0.6 is 0 Å². The lowest BCUT2D eigenvalue weighted by atomic mass is 10.0. The van der Waals surface area contributed by atoms with Crippen LogP contribution in [0.15, 0.2) is 61.1 Å². The van der Waals surface area contributed by atoms with Crippen LogP contribution in [-0.4, -0.2) is 67.2 Å². The molecule has 10 nitrogen and oxygen atoms in total. The number of pyridine rings is 3. The van der Waals surface area contributed by atoms with Gasteiger partial charge in [0.05, 0.1) is 16.9 Å². The van der Waals surface area contributed by atoms with Crippen molar-refractivity contribution in [3.63, 3.8) is 0 Å². The Kier molecular flexibility index (Phi) is 5.89. The number of aromatic nitrogens is 7. The Morgan fingerprint density at radius 2 is 1.89 bits per heavy atom. The van der Waals surface area contributed by atoms with Crippen molar-refractivity contribution in [3.05, 3.63) is 66.9 Å². The maximum absolute atomic E-state index is 14.6. The average molecular weight is 509 g/mol. The second-order valence-electron chi connectivity index (χ2n) is 9.27. The molecule has 38 heavy (non-hydrogen) atoms. The molecule has 11 heteroatoms. The minimum Gasteiger partial charge on any atom is -0.397 e. The number of imidazole rings is 1. The monoisotopic (exact) mass is 508 g/mol. The van der Waals surface area contributed by atoms with Gasteiger partial charge in [-0.3, -0.25) is 10.1 Å². The number of likely N-dealkylation sites (N-methyl/N-ethyl adjacent to an activating group) is 1. The Morgan fingerprint density at radius 3 is 2.74 bits per heavy atom. The van der Waals surface area contributed by atoms with Gasteiger partial charge in [0.15, 0.2) is 17.2 Å². The van der Waals surface area contributed by atoms with E-state index < -0.39 is 0 Å². The zero-order valence-electron chi connectivity index (χ0n) is 20.8. The van der Waals surface area contributed by atoms with Crippen LogP contribution in [0.2, 0.25) is 0 Å². The third-order valence-electron chi connectivity index (χ3n) is 6.17. The second-order valence-corrected chi connectivity index (χ2v) is 9.27. The van der Waals surface area contributed by atoms with Crippen LogP contribution in [0.5, 0.6) is 0 Å². The number of anilines is 2. The Labute approximate surface area is 217 Å². The molecule has 0 aliphatic rings. The summed E-state index contributed by atoms with van der Waals surface area (Å²) in [5.41, 5.74) is 13.3. The maximum atomic E-state index is 14.6. The average Bonchev–Trinajstić information content (AvgIpc) is 3.51. The summed E-state index contributed by atoms with van der Waals surface area (Å²) < 4.78 is 14.6. The summed E-state index contributed by atoms with van der Waals surface area (Å²) in [4.78, 5) is 23.6. The molecule has 0 fully saturated rings. The van der Waals surface area contributed by atoms with Gasteiger partial charge in [0.25, 0.3) is 0 Å². The van der Waals surface area contributed by atoms with Gasteiger partial charge in [0.1, 0.15) is 16.9 Å². The molecule has 0 aliphatic carbocycles. The summed E-state index contributed by atoms with van der Waals surface area (Å²) in [6.45, 7) is 1.52. The molecule has 1 aromatic carbocycles. The van der Waals surface area contributed by atoms with Crippen molar-refractivity contribution in [1.82, 2.24) is 40.0 Å². The van der Waals surface area contributed by atoms with Crippen LogP contribution in [0.25, 0.3) is 56.1 Å². The maximum Gasteiger partial charge on any atom is 0.162 e. The first-order valence-corrected chi connectivity index (χ1v) is 12.1. The largest absolute Gasteiger partial charge is 0.397 e. The van der Waals surface area contributed by atoms with Crippen molar-refractivity contribution in [1.29, 1.82) is 0 Å². The molecule has 0 aliphatic heterocycles. The third-order valence-corrected chi connectivity index (χ3v) is 6.17. The fraction of sp³-hybridized carbons (Fsp3) is 0.148. The van der Waals surface area contributed by atoms with Crippen LogP contribution in [0.4, 0.5) is 15.8 Å². The molecular weight excluding hydrogens is 483 g/mol. The molecule has 6 aromatic rings. The van der Waals surface area contributed by atoms with Crippen LogP contribution in [0, 0.1) is 5.82 Å². The highest BCUT2D eigenvalue weighted by Crippen LogP contribution is 2.32. The van der Waals surface area contributed by atoms with E-state index in [-0.39, 0.29) is 5.82 Å². The zero-order valence-corrected chi connectivity index (χ0v) is 20.8. The first-order chi connectivity index (χ1) is 18.4. The molecule has 0 bridgehead atoms. The molecule has 5 N–H and O–H groups in total. The summed E-state index contributed by atoms with van der Waals surface area (Å²) >= 11 is 0. The number of nitrogens with two attached hydrogens (primary N) is 1. The normalized spacial score (nSPS) is 11.6. The number of halogens is 1. The molecule has 0 unspecified atom stereocenters. The summed E-state index contributed by atoms with van der Waals surface area (Å²) in [6, 6.07) is 12.3. The highest BCUT2D eigenvalue weighted by molar-refractivity contribution is 5.95. The number of aromatic amines is 2. The Balaban J connectivity index is 1.40. The van der Waals surface area contributed by atoms with E-state index in [2.05, 4.69) is 35.4 Å². The SMILES string of the molecule is CN(C)CCNc1cc(F)cc(-c2ccnc3[nH]c(-c4n[nH]c5ccc(-c6cncc(N)c6)nc45)nc23)c1. The highest BCUT2D eigenvalue weighted by atomic mass is 19.1. The van der Waals surface area contributed by atoms with Crippen molar-refractivity contribution in [2.24, 2.45) is 0 Å². The molecule has 5 heterocycles. The van der Waals surface area contributed by atoms with Crippen LogP contribution in [-0.2, 0) is 0 Å². The third kappa shape index (κ3) is 4.50. The number of rotatable bonds is 7. The number of hydrogen-bond donors (Lipinski definition) is 4. The lowest BCUT2D eigenvalue weighted by Crippen LogP contribution is -2.20. The number of nitrogens with zero attached hydrogens (tertiary/aromatic N) is 6. The zero-order chi connectivity index (χ0) is 26.2. The van der Waals surface area contributed by atoms with Crippen LogP contribution in [0.1, 0.15) is 0 Å². The fourth-order valence-electron chi connectivity index (χ4n) is 4.35. The number of benzene rings is 1. The number of nitrogen functional groups attached to an aromatic ring is 1. The minimum atomic E-state index is -0.332. The van der Waals surface area contributed by atoms with Gasteiger partial charge >= 0.3 is 0 Å². The number of nitrogens with one attached hydrogen (secondary N) is 3. The van der Waals surface area contributed by atoms with Gasteiger partial charge < -0.3 is 20.9 Å². The van der Waals surface area contributed by atoms with Crippen LogP contribution in [0.3, 0.4) is 0 Å². The predicted octanol–water partition coefficient (Wildman–Crippen LogP) is 4.32. The molecule has 0 radical (unpaired) electrons. The van der Waals surface area contributed by atoms with E-state index in [0.717, 1.165) is 23.2 Å². The van der Waals surface area contributed by atoms with E-state index in [4.69, 9.17) is 15.7 Å². The lowest BCUT2D eigenvalue weighted by molar-refractivity contribution is 0.425. The van der Waals surface area contributed by atoms with Crippen molar-refractivity contribution in [2.45, 2.75) is 0 Å². The minimum absolute atomic E-state index is 0.332. The second kappa shape index (κ2) is 9.52. The topological polar surface area (TPSA) is 137 Å². The molecule has 0 saturated carbocycles. The smallest absolute Gasteiger partial charge is 0.162 e. The van der Waals surface area contributed by atoms with Crippen LogP contribution < -0.4 is 11.1 Å². The Morgan fingerprint density at radius 1 is 1.00 bits per heavy atom. The van der Waals surface area contributed by atoms with E-state index in [0.29, 0.717) is 57.4 Å². The fourth-order valence-corrected chi connectivity index (χ4v) is 4.35. The molecule has 6 rings (SSSR count). The molecule has 0 spiro atoms. The number of H-pyrrole nitrogens is 2. The molecule has 190 valence electrons. The van der Waals surface area contributed by atoms with Crippen molar-refractivity contribution < 1.29 is 4.39 Å². The van der Waals surface area contributed by atoms with E-state index in [1.165, 1.54) is 12.1 Å². The summed E-state index contributed by atoms with van der Waals surface area (Å²) in [5.74, 6) is 0.170. The van der Waals surface area contributed by atoms with Gasteiger partial charge in [0, 0.05) is 48.5 Å². The first-order valence-electron chi connectivity index (χ1n) is 12.1. The van der Waals surface area contributed by atoms with E-state index in [1.54, 1.807) is 18.6 Å². The van der Waals surface area contributed by atoms with E-state index >= 15 is 0 Å². The standard InChI is InChI=1S/C27H25FN10/c1-38(2)8-7-31-19-11-15(9-17(28)12-19)20-5-6-32-26-23(20)34-27(35-26)25-24-22(36-37-25)4-3-21(33-24)16-10-18(29)14-30-13-16/h3-6,9-14,31H,7-8,29H2,1-2H3,(H,36,37)(H,32,34,35). The predicted molar refractivity (Wildman–Crippen MR) is 147 cm³/mol. The number of hydrogen-bond acceptors (Lipinski definition) is 8. The highest BCUT2D eigenvalue weighted by Gasteiger charge is 2.18. The molecule has 0 amide bonds. The quantitative estimate of drug-likeness (QED) is 0.250. The Hall–Kier alpha value is -4.90. The first kappa shape index (κ1) is 23.5. The number of fused-ring (bicyclic) bond motifs is 2. The van der Waals surface area contributed by atoms with Crippen molar-refractivity contribution in [3.8, 4) is 33.9 Å². The van der Waals surface area contributed by atoms with Gasteiger partial charge in [-0.15, -0.1) is 0 Å². The van der Waals surface area contributed by atoms with Gasteiger partial charge in [-0.05, 0) is 62.1 Å². The van der Waals surface area contributed by atoms with Gasteiger partial charge in [0.2, 0.25) is 0 Å². The summed E-state index contributed by atoms with van der Waals surface area (Å²) in [5, 5.41) is 10.8. The van der Waals surface area contributed by atoms with Gasteiger partial charge in [-0.1, -0.05) is 0 Å². The van der Waals surface area contributed by atoms with E-state index in [9.17, 15) is 4.39 Å². The lowest BCUT2D eigenvalue weighted by Gasteiger charge is -2.12.